The fourth-order valence-corrected chi connectivity index (χ4v) is 3.32. The molecule has 0 radical (unpaired) electrons. The highest BCUT2D eigenvalue weighted by Crippen LogP contribution is 2.34. The average Bonchev–Trinajstić information content (AvgIpc) is 2.43. The van der Waals surface area contributed by atoms with E-state index >= 15 is 0 Å². The van der Waals surface area contributed by atoms with Gasteiger partial charge in [0, 0.05) is 5.02 Å². The summed E-state index contributed by atoms with van der Waals surface area (Å²) in [5.74, 6) is 0.789. The second-order valence-electron chi connectivity index (χ2n) is 4.13. The van der Waals surface area contributed by atoms with Crippen LogP contribution in [-0.4, -0.2) is 12.8 Å². The summed E-state index contributed by atoms with van der Waals surface area (Å²) in [6, 6.07) is 11.3. The number of hydrazone groups is 1. The van der Waals surface area contributed by atoms with Crippen LogP contribution in [0.5, 0.6) is 5.75 Å². The third-order valence-electron chi connectivity index (χ3n) is 2.54. The minimum Gasteiger partial charge on any atom is -0.492 e. The maximum atomic E-state index is 5.91. The van der Waals surface area contributed by atoms with Gasteiger partial charge in [-0.1, -0.05) is 17.7 Å². The van der Waals surface area contributed by atoms with Crippen molar-refractivity contribution in [3.05, 3.63) is 55.9 Å². The Bertz CT molecular complexity index is 639. The molecular weight excluding hydrogens is 419 g/mol. The van der Waals surface area contributed by atoms with Crippen molar-refractivity contribution < 1.29 is 4.74 Å². The van der Waals surface area contributed by atoms with Crippen molar-refractivity contribution in [3.8, 4) is 5.75 Å². The number of nitrogens with zero attached hydrogens (tertiary/aromatic N) is 1. The number of ether oxygens (including phenoxy) is 1. The van der Waals surface area contributed by atoms with Crippen LogP contribution in [0.2, 0.25) is 5.02 Å². The first-order valence-corrected chi connectivity index (χ1v) is 8.23. The van der Waals surface area contributed by atoms with Crippen LogP contribution in [0.4, 0.5) is 5.69 Å². The molecule has 0 saturated carbocycles. The van der Waals surface area contributed by atoms with E-state index in [-0.39, 0.29) is 0 Å². The van der Waals surface area contributed by atoms with Gasteiger partial charge in [0.05, 0.1) is 27.5 Å². The van der Waals surface area contributed by atoms with Gasteiger partial charge in [-0.3, -0.25) is 5.43 Å². The first-order valence-electron chi connectivity index (χ1n) is 6.26. The van der Waals surface area contributed by atoms with Gasteiger partial charge in [0.1, 0.15) is 5.75 Å². The average molecular weight is 433 g/mol. The van der Waals surface area contributed by atoms with Crippen molar-refractivity contribution in [1.82, 2.24) is 0 Å². The van der Waals surface area contributed by atoms with Gasteiger partial charge >= 0.3 is 0 Å². The fourth-order valence-electron chi connectivity index (χ4n) is 1.68. The van der Waals surface area contributed by atoms with Gasteiger partial charge < -0.3 is 4.74 Å². The molecule has 110 valence electrons. The number of nitrogens with one attached hydrogen (secondary N) is 1. The first kappa shape index (κ1) is 16.3. The Kier molecular flexibility index (Phi) is 6.08. The minimum atomic E-state index is 0.612. The van der Waals surface area contributed by atoms with E-state index in [1.54, 1.807) is 6.21 Å². The van der Waals surface area contributed by atoms with E-state index in [4.69, 9.17) is 16.3 Å². The van der Waals surface area contributed by atoms with Crippen molar-refractivity contribution in [3.63, 3.8) is 0 Å². The summed E-state index contributed by atoms with van der Waals surface area (Å²) in [5, 5.41) is 4.86. The van der Waals surface area contributed by atoms with Crippen LogP contribution < -0.4 is 10.2 Å². The van der Waals surface area contributed by atoms with Crippen LogP contribution in [0.15, 0.2) is 50.4 Å². The van der Waals surface area contributed by atoms with E-state index < -0.39 is 0 Å². The number of anilines is 1. The zero-order valence-corrected chi connectivity index (χ0v) is 15.2. The highest BCUT2D eigenvalue weighted by molar-refractivity contribution is 9.11. The highest BCUT2D eigenvalue weighted by atomic mass is 79.9. The second kappa shape index (κ2) is 7.82. The predicted molar refractivity (Wildman–Crippen MR) is 95.7 cm³/mol. The zero-order chi connectivity index (χ0) is 15.2. The predicted octanol–water partition coefficient (Wildman–Crippen LogP) is 5.71. The minimum absolute atomic E-state index is 0.612. The van der Waals surface area contributed by atoms with E-state index in [1.807, 2.05) is 43.3 Å². The summed E-state index contributed by atoms with van der Waals surface area (Å²) in [4.78, 5) is 0. The Balaban J connectivity index is 2.11. The van der Waals surface area contributed by atoms with Crippen LogP contribution in [0, 0.1) is 0 Å². The van der Waals surface area contributed by atoms with Gasteiger partial charge in [0.25, 0.3) is 0 Å². The van der Waals surface area contributed by atoms with Crippen LogP contribution in [0.3, 0.4) is 0 Å². The topological polar surface area (TPSA) is 33.6 Å². The molecule has 0 spiro atoms. The van der Waals surface area contributed by atoms with Gasteiger partial charge in [-0.25, -0.2) is 0 Å². The van der Waals surface area contributed by atoms with Gasteiger partial charge in [-0.15, -0.1) is 0 Å². The highest BCUT2D eigenvalue weighted by Gasteiger charge is 2.07. The van der Waals surface area contributed by atoms with Crippen molar-refractivity contribution >= 4 is 55.4 Å². The van der Waals surface area contributed by atoms with Gasteiger partial charge in [0.2, 0.25) is 0 Å². The molecular formula is C15H13Br2ClN2O. The second-order valence-corrected chi connectivity index (χ2v) is 6.27. The summed E-state index contributed by atoms with van der Waals surface area (Å²) < 4.78 is 7.30. The SMILES string of the molecule is CCOc1c(Br)cc(C=NNc2cccc(Cl)c2)cc1Br. The molecule has 0 aliphatic heterocycles. The Labute approximate surface area is 145 Å². The molecule has 0 heterocycles. The lowest BCUT2D eigenvalue weighted by Crippen LogP contribution is -1.96. The standard InChI is InChI=1S/C15H13Br2ClN2O/c1-2-21-15-13(16)6-10(7-14(15)17)9-19-20-12-5-3-4-11(18)8-12/h3-9,20H,2H2,1H3. The summed E-state index contributed by atoms with van der Waals surface area (Å²) in [6.45, 7) is 2.56. The Morgan fingerprint density at radius 1 is 1.24 bits per heavy atom. The number of halogens is 3. The van der Waals surface area contributed by atoms with Crippen molar-refractivity contribution in [2.24, 2.45) is 5.10 Å². The Morgan fingerprint density at radius 3 is 2.57 bits per heavy atom. The molecule has 0 bridgehead atoms. The first-order chi connectivity index (χ1) is 10.1. The molecule has 0 fully saturated rings. The molecule has 3 nitrogen and oxygen atoms in total. The van der Waals surface area contributed by atoms with Crippen LogP contribution in [0.25, 0.3) is 0 Å². The molecule has 1 N–H and O–H groups in total. The van der Waals surface area contributed by atoms with E-state index in [1.165, 1.54) is 0 Å². The van der Waals surface area contributed by atoms with Crippen molar-refractivity contribution in [2.45, 2.75) is 6.92 Å². The third-order valence-corrected chi connectivity index (χ3v) is 3.95. The lowest BCUT2D eigenvalue weighted by Gasteiger charge is -2.09. The maximum absolute atomic E-state index is 5.91. The maximum Gasteiger partial charge on any atom is 0.147 e. The molecule has 0 saturated heterocycles. The summed E-state index contributed by atoms with van der Waals surface area (Å²) >= 11 is 12.9. The van der Waals surface area contributed by atoms with Crippen molar-refractivity contribution in [2.75, 3.05) is 12.0 Å². The summed E-state index contributed by atoms with van der Waals surface area (Å²) in [5.41, 5.74) is 4.71. The molecule has 0 amide bonds. The van der Waals surface area contributed by atoms with Crippen LogP contribution in [0.1, 0.15) is 12.5 Å². The molecule has 6 heteroatoms. The van der Waals surface area contributed by atoms with Crippen molar-refractivity contribution in [1.29, 1.82) is 0 Å². The molecule has 0 aliphatic rings. The van der Waals surface area contributed by atoms with E-state index in [0.717, 1.165) is 25.9 Å². The number of hydrogen-bond donors (Lipinski definition) is 1. The number of hydrogen-bond acceptors (Lipinski definition) is 3. The van der Waals surface area contributed by atoms with E-state index in [0.29, 0.717) is 11.6 Å². The molecule has 2 aromatic rings. The van der Waals surface area contributed by atoms with Crippen LogP contribution in [-0.2, 0) is 0 Å². The fraction of sp³-hybridized carbons (Fsp3) is 0.133. The lowest BCUT2D eigenvalue weighted by atomic mass is 10.2. The van der Waals surface area contributed by atoms with Gasteiger partial charge in [0.15, 0.2) is 0 Å². The molecule has 0 aromatic heterocycles. The smallest absolute Gasteiger partial charge is 0.147 e. The molecule has 0 aliphatic carbocycles. The molecule has 21 heavy (non-hydrogen) atoms. The van der Waals surface area contributed by atoms with Gasteiger partial charge in [-0.05, 0) is 74.7 Å². The third kappa shape index (κ3) is 4.73. The summed E-state index contributed by atoms with van der Waals surface area (Å²) in [6.07, 6.45) is 1.73. The lowest BCUT2D eigenvalue weighted by molar-refractivity contribution is 0.336. The van der Waals surface area contributed by atoms with Crippen LogP contribution >= 0.6 is 43.5 Å². The Morgan fingerprint density at radius 2 is 1.95 bits per heavy atom. The largest absolute Gasteiger partial charge is 0.492 e. The zero-order valence-electron chi connectivity index (χ0n) is 11.2. The van der Waals surface area contributed by atoms with E-state index in [2.05, 4.69) is 42.4 Å². The quantitative estimate of drug-likeness (QED) is 0.485. The van der Waals surface area contributed by atoms with E-state index in [9.17, 15) is 0 Å². The molecule has 0 unspecified atom stereocenters. The summed E-state index contributed by atoms with van der Waals surface area (Å²) in [7, 11) is 0. The molecule has 2 rings (SSSR count). The number of benzene rings is 2. The molecule has 0 atom stereocenters. The Hall–Kier alpha value is -1.04. The molecule has 2 aromatic carbocycles. The normalized spacial score (nSPS) is 10.9. The monoisotopic (exact) mass is 430 g/mol. The van der Waals surface area contributed by atoms with Gasteiger partial charge in [-0.2, -0.15) is 5.10 Å². The number of rotatable bonds is 5.